The molecule has 0 saturated carbocycles. The Balaban J connectivity index is 1.70. The van der Waals surface area contributed by atoms with E-state index in [9.17, 15) is 4.79 Å². The maximum Gasteiger partial charge on any atom is 0.224 e. The molecule has 0 radical (unpaired) electrons. The highest BCUT2D eigenvalue weighted by atomic mass is 16.1. The number of carbonyl (C=O) groups is 1. The molecule has 110 valence electrons. The molecule has 1 aliphatic heterocycles. The fraction of sp³-hybridized carbons (Fsp3) is 0.412. The number of aryl methyl sites for hydroxylation is 1. The van der Waals surface area contributed by atoms with Gasteiger partial charge in [0.25, 0.3) is 0 Å². The van der Waals surface area contributed by atoms with Crippen LogP contribution < -0.4 is 10.6 Å². The molecule has 1 amide bonds. The van der Waals surface area contributed by atoms with Gasteiger partial charge in [-0.05, 0) is 50.9 Å². The van der Waals surface area contributed by atoms with Gasteiger partial charge in [0.15, 0.2) is 0 Å². The summed E-state index contributed by atoms with van der Waals surface area (Å²) in [4.78, 5) is 16.7. The van der Waals surface area contributed by atoms with E-state index >= 15 is 0 Å². The summed E-state index contributed by atoms with van der Waals surface area (Å²) in [5.41, 5.74) is 2.71. The minimum Gasteiger partial charge on any atom is -0.325 e. The maximum absolute atomic E-state index is 12.2. The quantitative estimate of drug-likeness (QED) is 0.907. The van der Waals surface area contributed by atoms with E-state index in [-0.39, 0.29) is 5.91 Å². The van der Waals surface area contributed by atoms with Crippen molar-refractivity contribution in [3.63, 3.8) is 0 Å². The fourth-order valence-corrected chi connectivity index (χ4v) is 2.92. The van der Waals surface area contributed by atoms with Crippen LogP contribution in [0.5, 0.6) is 0 Å². The molecule has 1 aromatic carbocycles. The van der Waals surface area contributed by atoms with E-state index in [2.05, 4.69) is 15.6 Å². The number of rotatable bonds is 4. The topological polar surface area (TPSA) is 54.0 Å². The molecule has 21 heavy (non-hydrogen) atoms. The standard InChI is InChI=1S/C17H21N3O/c1-12-10-16(14-4-2-3-5-15(14)19-12)20-17(21)7-6-13-8-9-18-11-13/h2-5,10,13,18H,6-9,11H2,1H3,(H,19,20,21). The molecule has 1 unspecified atom stereocenters. The van der Waals surface area contributed by atoms with E-state index < -0.39 is 0 Å². The van der Waals surface area contributed by atoms with E-state index in [1.165, 1.54) is 6.42 Å². The molecule has 2 aromatic rings. The lowest BCUT2D eigenvalue weighted by Gasteiger charge is -2.11. The van der Waals surface area contributed by atoms with Crippen molar-refractivity contribution in [1.29, 1.82) is 0 Å². The minimum atomic E-state index is 0.0950. The highest BCUT2D eigenvalue weighted by molar-refractivity contribution is 6.00. The monoisotopic (exact) mass is 283 g/mol. The van der Waals surface area contributed by atoms with Crippen LogP contribution in [0, 0.1) is 12.8 Å². The second-order valence-corrected chi connectivity index (χ2v) is 5.77. The normalized spacial score (nSPS) is 18.0. The molecule has 1 aromatic heterocycles. The number of carbonyl (C=O) groups excluding carboxylic acids is 1. The van der Waals surface area contributed by atoms with Crippen molar-refractivity contribution in [3.05, 3.63) is 36.0 Å². The number of pyridine rings is 1. The molecule has 1 aliphatic rings. The van der Waals surface area contributed by atoms with Crippen molar-refractivity contribution in [2.24, 2.45) is 5.92 Å². The third-order valence-corrected chi connectivity index (χ3v) is 4.06. The SMILES string of the molecule is Cc1cc(NC(=O)CCC2CCNC2)c2ccccc2n1. The first-order valence-corrected chi connectivity index (χ1v) is 7.59. The lowest BCUT2D eigenvalue weighted by Crippen LogP contribution is -2.15. The average molecular weight is 283 g/mol. The Morgan fingerprint density at radius 2 is 2.29 bits per heavy atom. The lowest BCUT2D eigenvalue weighted by atomic mass is 10.0. The number of fused-ring (bicyclic) bond motifs is 1. The lowest BCUT2D eigenvalue weighted by molar-refractivity contribution is -0.116. The highest BCUT2D eigenvalue weighted by Crippen LogP contribution is 2.23. The summed E-state index contributed by atoms with van der Waals surface area (Å²) in [5.74, 6) is 0.740. The number of aromatic nitrogens is 1. The van der Waals surface area contributed by atoms with Crippen LogP contribution in [0.15, 0.2) is 30.3 Å². The van der Waals surface area contributed by atoms with Gasteiger partial charge in [-0.3, -0.25) is 9.78 Å². The highest BCUT2D eigenvalue weighted by Gasteiger charge is 2.16. The van der Waals surface area contributed by atoms with E-state index in [0.29, 0.717) is 12.3 Å². The fourth-order valence-electron chi connectivity index (χ4n) is 2.92. The number of anilines is 1. The Bertz CT molecular complexity index is 648. The summed E-state index contributed by atoms with van der Waals surface area (Å²) in [7, 11) is 0. The van der Waals surface area contributed by atoms with Gasteiger partial charge in [0.1, 0.15) is 0 Å². The smallest absolute Gasteiger partial charge is 0.224 e. The molecule has 4 heteroatoms. The average Bonchev–Trinajstić information content (AvgIpc) is 2.98. The zero-order chi connectivity index (χ0) is 14.7. The Morgan fingerprint density at radius 3 is 3.10 bits per heavy atom. The van der Waals surface area contributed by atoms with Gasteiger partial charge in [-0.15, -0.1) is 0 Å². The van der Waals surface area contributed by atoms with Crippen molar-refractivity contribution >= 4 is 22.5 Å². The van der Waals surface area contributed by atoms with Gasteiger partial charge in [-0.2, -0.15) is 0 Å². The van der Waals surface area contributed by atoms with Gasteiger partial charge >= 0.3 is 0 Å². The van der Waals surface area contributed by atoms with Gasteiger partial charge in [-0.1, -0.05) is 18.2 Å². The zero-order valence-corrected chi connectivity index (χ0v) is 12.4. The Morgan fingerprint density at radius 1 is 1.43 bits per heavy atom. The van der Waals surface area contributed by atoms with Gasteiger partial charge < -0.3 is 10.6 Å². The number of nitrogens with zero attached hydrogens (tertiary/aromatic N) is 1. The number of amides is 1. The Hall–Kier alpha value is -1.94. The van der Waals surface area contributed by atoms with Gasteiger partial charge in [0, 0.05) is 17.5 Å². The number of hydrogen-bond donors (Lipinski definition) is 2. The Labute approximate surface area is 125 Å². The van der Waals surface area contributed by atoms with Gasteiger partial charge in [0.05, 0.1) is 11.2 Å². The second-order valence-electron chi connectivity index (χ2n) is 5.77. The molecule has 3 rings (SSSR count). The van der Waals surface area contributed by atoms with Crippen LogP contribution in [-0.2, 0) is 4.79 Å². The molecular weight excluding hydrogens is 262 g/mol. The number of para-hydroxylation sites is 1. The summed E-state index contributed by atoms with van der Waals surface area (Å²) in [5, 5.41) is 7.39. The molecule has 2 N–H and O–H groups in total. The predicted molar refractivity (Wildman–Crippen MR) is 85.3 cm³/mol. The van der Waals surface area contributed by atoms with Crippen molar-refractivity contribution in [2.75, 3.05) is 18.4 Å². The molecular formula is C17H21N3O. The van der Waals surface area contributed by atoms with Crippen molar-refractivity contribution in [1.82, 2.24) is 10.3 Å². The zero-order valence-electron chi connectivity index (χ0n) is 12.4. The molecule has 1 fully saturated rings. The maximum atomic E-state index is 12.2. The van der Waals surface area contributed by atoms with Gasteiger partial charge in [0.2, 0.25) is 5.91 Å². The van der Waals surface area contributed by atoms with Crippen LogP contribution in [0.3, 0.4) is 0 Å². The summed E-state index contributed by atoms with van der Waals surface area (Å²) < 4.78 is 0. The van der Waals surface area contributed by atoms with Crippen LogP contribution in [0.4, 0.5) is 5.69 Å². The summed E-state index contributed by atoms with van der Waals surface area (Å²) >= 11 is 0. The first kappa shape index (κ1) is 14.0. The molecule has 1 atom stereocenters. The largest absolute Gasteiger partial charge is 0.325 e. The molecule has 0 aliphatic carbocycles. The molecule has 1 saturated heterocycles. The van der Waals surface area contributed by atoms with Gasteiger partial charge in [-0.25, -0.2) is 0 Å². The number of benzene rings is 1. The van der Waals surface area contributed by atoms with Crippen molar-refractivity contribution in [3.8, 4) is 0 Å². The van der Waals surface area contributed by atoms with Crippen LogP contribution in [-0.4, -0.2) is 24.0 Å². The van der Waals surface area contributed by atoms with Crippen LogP contribution in [0.25, 0.3) is 10.9 Å². The molecule has 0 bridgehead atoms. The first-order valence-electron chi connectivity index (χ1n) is 7.59. The van der Waals surface area contributed by atoms with Crippen LogP contribution in [0.1, 0.15) is 25.0 Å². The van der Waals surface area contributed by atoms with Crippen LogP contribution >= 0.6 is 0 Å². The molecule has 0 spiro atoms. The van der Waals surface area contributed by atoms with Crippen molar-refractivity contribution in [2.45, 2.75) is 26.2 Å². The summed E-state index contributed by atoms with van der Waals surface area (Å²) in [6.45, 7) is 4.08. The van der Waals surface area contributed by atoms with E-state index in [1.807, 2.05) is 37.3 Å². The first-order chi connectivity index (χ1) is 10.2. The number of nitrogens with one attached hydrogen (secondary N) is 2. The third kappa shape index (κ3) is 3.39. The third-order valence-electron chi connectivity index (χ3n) is 4.06. The second kappa shape index (κ2) is 6.22. The molecule has 2 heterocycles. The van der Waals surface area contributed by atoms with E-state index in [0.717, 1.165) is 41.8 Å². The van der Waals surface area contributed by atoms with Crippen molar-refractivity contribution < 1.29 is 4.79 Å². The summed E-state index contributed by atoms with van der Waals surface area (Å²) in [6.07, 6.45) is 2.73. The van der Waals surface area contributed by atoms with E-state index in [1.54, 1.807) is 0 Å². The van der Waals surface area contributed by atoms with E-state index in [4.69, 9.17) is 0 Å². The predicted octanol–water partition coefficient (Wildman–Crippen LogP) is 2.87. The number of hydrogen-bond acceptors (Lipinski definition) is 3. The van der Waals surface area contributed by atoms with Crippen LogP contribution in [0.2, 0.25) is 0 Å². The minimum absolute atomic E-state index is 0.0950. The summed E-state index contributed by atoms with van der Waals surface area (Å²) in [6, 6.07) is 9.85. The Kier molecular flexibility index (Phi) is 4.15. The molecule has 4 nitrogen and oxygen atoms in total.